The Hall–Kier alpha value is -1.38. The molecule has 5 nitrogen and oxygen atoms in total. The van der Waals surface area contributed by atoms with Crippen molar-refractivity contribution in [1.29, 1.82) is 5.26 Å². The molecule has 1 amide bonds. The fraction of sp³-hybridized carbons (Fsp3) is 0.714. The minimum atomic E-state index is -0.736. The molecular weight excluding hydrogens is 242 g/mol. The summed E-state index contributed by atoms with van der Waals surface area (Å²) in [6, 6.07) is 2.26. The number of rotatable bonds is 6. The van der Waals surface area contributed by atoms with Crippen molar-refractivity contribution >= 4 is 5.91 Å². The number of nitriles is 1. The molecule has 0 spiro atoms. The molecular formula is C14H23N3O2. The molecule has 0 unspecified atom stereocenters. The molecule has 0 bridgehead atoms. The number of carbonyl (C=O) groups is 1. The van der Waals surface area contributed by atoms with Gasteiger partial charge in [-0.15, -0.1) is 6.58 Å². The van der Waals surface area contributed by atoms with Crippen LogP contribution in [0.1, 0.15) is 26.2 Å². The summed E-state index contributed by atoms with van der Waals surface area (Å²) in [7, 11) is 2.02. The third-order valence-electron chi connectivity index (χ3n) is 3.48. The van der Waals surface area contributed by atoms with Crippen LogP contribution in [0.3, 0.4) is 0 Å². The molecule has 1 heterocycles. The maximum atomic E-state index is 12.0. The van der Waals surface area contributed by atoms with Gasteiger partial charge in [-0.05, 0) is 33.2 Å². The zero-order valence-electron chi connectivity index (χ0n) is 11.8. The second-order valence-electron chi connectivity index (χ2n) is 5.08. The topological polar surface area (TPSA) is 65.4 Å². The van der Waals surface area contributed by atoms with Crippen LogP contribution in [0.4, 0.5) is 0 Å². The standard InChI is InChI=1S/C14H23N3O2/c1-4-5-10-19-12(2)13(18)16-14(11-15)6-8-17(3)9-7-14/h4,12H,1,5-10H2,2-3H3,(H,16,18)/t12-/m0/s1. The third kappa shape index (κ3) is 4.66. The molecule has 1 fully saturated rings. The monoisotopic (exact) mass is 265 g/mol. The predicted molar refractivity (Wildman–Crippen MR) is 73.4 cm³/mol. The summed E-state index contributed by atoms with van der Waals surface area (Å²) in [5, 5.41) is 12.2. The first-order valence-corrected chi connectivity index (χ1v) is 6.67. The van der Waals surface area contributed by atoms with E-state index in [9.17, 15) is 10.1 Å². The van der Waals surface area contributed by atoms with Crippen molar-refractivity contribution in [3.63, 3.8) is 0 Å². The number of piperidine rings is 1. The number of hydrogen-bond donors (Lipinski definition) is 1. The summed E-state index contributed by atoms with van der Waals surface area (Å²) in [6.07, 6.45) is 3.24. The summed E-state index contributed by atoms with van der Waals surface area (Å²) in [5.74, 6) is -0.213. The lowest BCUT2D eigenvalue weighted by molar-refractivity contribution is -0.133. The first-order chi connectivity index (χ1) is 9.03. The third-order valence-corrected chi connectivity index (χ3v) is 3.48. The van der Waals surface area contributed by atoms with Crippen LogP contribution in [0, 0.1) is 11.3 Å². The Morgan fingerprint density at radius 1 is 1.63 bits per heavy atom. The highest BCUT2D eigenvalue weighted by molar-refractivity contribution is 5.81. The van der Waals surface area contributed by atoms with Crippen molar-refractivity contribution in [3.05, 3.63) is 12.7 Å². The Bertz CT molecular complexity index is 354. The van der Waals surface area contributed by atoms with Crippen molar-refractivity contribution in [3.8, 4) is 6.07 Å². The van der Waals surface area contributed by atoms with Gasteiger partial charge >= 0.3 is 0 Å². The molecule has 5 heteroatoms. The zero-order valence-corrected chi connectivity index (χ0v) is 11.8. The lowest BCUT2D eigenvalue weighted by Crippen LogP contribution is -2.55. The Kier molecular flexibility index (Phi) is 6.00. The maximum absolute atomic E-state index is 12.0. The van der Waals surface area contributed by atoms with Gasteiger partial charge in [0.2, 0.25) is 5.91 Å². The van der Waals surface area contributed by atoms with E-state index >= 15 is 0 Å². The SMILES string of the molecule is C=CCCO[C@@H](C)C(=O)NC1(C#N)CCN(C)CC1. The Morgan fingerprint density at radius 3 is 2.79 bits per heavy atom. The van der Waals surface area contributed by atoms with E-state index in [2.05, 4.69) is 22.9 Å². The van der Waals surface area contributed by atoms with Crippen LogP contribution in [-0.2, 0) is 9.53 Å². The average molecular weight is 265 g/mol. The molecule has 1 aliphatic heterocycles. The predicted octanol–water partition coefficient (Wildman–Crippen LogP) is 1.07. The lowest BCUT2D eigenvalue weighted by atomic mass is 9.89. The van der Waals surface area contributed by atoms with E-state index in [1.165, 1.54) is 0 Å². The van der Waals surface area contributed by atoms with Crippen LogP contribution in [0.5, 0.6) is 0 Å². The van der Waals surface area contributed by atoms with Crippen LogP contribution in [0.15, 0.2) is 12.7 Å². The summed E-state index contributed by atoms with van der Waals surface area (Å²) >= 11 is 0. The quantitative estimate of drug-likeness (QED) is 0.576. The molecule has 0 aromatic heterocycles. The minimum Gasteiger partial charge on any atom is -0.368 e. The fourth-order valence-corrected chi connectivity index (χ4v) is 2.01. The lowest BCUT2D eigenvalue weighted by Gasteiger charge is -2.36. The number of likely N-dealkylation sites (tertiary alicyclic amines) is 1. The summed E-state index contributed by atoms with van der Waals surface area (Å²) in [4.78, 5) is 14.2. The van der Waals surface area contributed by atoms with E-state index in [0.29, 0.717) is 25.9 Å². The molecule has 1 atom stereocenters. The van der Waals surface area contributed by atoms with Crippen molar-refractivity contribution < 1.29 is 9.53 Å². The van der Waals surface area contributed by atoms with Crippen LogP contribution < -0.4 is 5.32 Å². The number of nitrogens with zero attached hydrogens (tertiary/aromatic N) is 2. The first kappa shape index (κ1) is 15.7. The maximum Gasteiger partial charge on any atom is 0.250 e. The number of carbonyl (C=O) groups excluding carboxylic acids is 1. The molecule has 1 aliphatic rings. The number of ether oxygens (including phenoxy) is 1. The van der Waals surface area contributed by atoms with Gasteiger partial charge in [0, 0.05) is 13.1 Å². The van der Waals surface area contributed by atoms with Crippen molar-refractivity contribution in [2.45, 2.75) is 37.8 Å². The molecule has 0 radical (unpaired) electrons. The molecule has 0 aromatic rings. The van der Waals surface area contributed by atoms with E-state index in [4.69, 9.17) is 4.74 Å². The first-order valence-electron chi connectivity index (χ1n) is 6.67. The van der Waals surface area contributed by atoms with E-state index in [1.54, 1.807) is 13.0 Å². The Balaban J connectivity index is 2.49. The highest BCUT2D eigenvalue weighted by Crippen LogP contribution is 2.21. The molecule has 19 heavy (non-hydrogen) atoms. The molecule has 0 aliphatic carbocycles. The number of amides is 1. The second kappa shape index (κ2) is 7.27. The number of nitrogens with one attached hydrogen (secondary N) is 1. The van der Waals surface area contributed by atoms with Crippen LogP contribution in [0.2, 0.25) is 0 Å². The second-order valence-corrected chi connectivity index (χ2v) is 5.08. The smallest absolute Gasteiger partial charge is 0.250 e. The minimum absolute atomic E-state index is 0.213. The summed E-state index contributed by atoms with van der Waals surface area (Å²) in [6.45, 7) is 7.42. The van der Waals surface area contributed by atoms with Gasteiger partial charge in [0.05, 0.1) is 12.7 Å². The zero-order chi connectivity index (χ0) is 14.3. The van der Waals surface area contributed by atoms with Gasteiger partial charge < -0.3 is 15.0 Å². The van der Waals surface area contributed by atoms with Crippen LogP contribution in [-0.4, -0.2) is 49.2 Å². The number of hydrogen-bond acceptors (Lipinski definition) is 4. The van der Waals surface area contributed by atoms with Gasteiger partial charge in [0.25, 0.3) is 0 Å². The largest absolute Gasteiger partial charge is 0.368 e. The molecule has 1 rings (SSSR count). The summed E-state index contributed by atoms with van der Waals surface area (Å²) in [5.41, 5.74) is -0.736. The van der Waals surface area contributed by atoms with Crippen molar-refractivity contribution in [1.82, 2.24) is 10.2 Å². The van der Waals surface area contributed by atoms with Gasteiger partial charge in [-0.1, -0.05) is 6.08 Å². The normalized spacial score (nSPS) is 20.3. The summed E-state index contributed by atoms with van der Waals surface area (Å²) < 4.78 is 5.39. The molecule has 1 saturated heterocycles. The molecule has 0 saturated carbocycles. The highest BCUT2D eigenvalue weighted by atomic mass is 16.5. The van der Waals surface area contributed by atoms with Gasteiger partial charge in [0.1, 0.15) is 11.6 Å². The van der Waals surface area contributed by atoms with Gasteiger partial charge in [-0.25, -0.2) is 0 Å². The molecule has 106 valence electrons. The Morgan fingerprint density at radius 2 is 2.26 bits per heavy atom. The van der Waals surface area contributed by atoms with Crippen LogP contribution in [0.25, 0.3) is 0 Å². The van der Waals surface area contributed by atoms with Crippen molar-refractivity contribution in [2.24, 2.45) is 0 Å². The van der Waals surface area contributed by atoms with Gasteiger partial charge in [-0.2, -0.15) is 5.26 Å². The van der Waals surface area contributed by atoms with Gasteiger partial charge in [0.15, 0.2) is 0 Å². The average Bonchev–Trinajstić information content (AvgIpc) is 2.42. The highest BCUT2D eigenvalue weighted by Gasteiger charge is 2.36. The molecule has 0 aromatic carbocycles. The molecule has 1 N–H and O–H groups in total. The van der Waals surface area contributed by atoms with E-state index in [-0.39, 0.29) is 5.91 Å². The van der Waals surface area contributed by atoms with E-state index in [0.717, 1.165) is 13.1 Å². The van der Waals surface area contributed by atoms with Gasteiger partial charge in [-0.3, -0.25) is 4.79 Å². The Labute approximate surface area is 115 Å². The van der Waals surface area contributed by atoms with Crippen molar-refractivity contribution in [2.75, 3.05) is 26.7 Å². The van der Waals surface area contributed by atoms with E-state index < -0.39 is 11.6 Å². The van der Waals surface area contributed by atoms with E-state index in [1.807, 2.05) is 7.05 Å². The fourth-order valence-electron chi connectivity index (χ4n) is 2.01. The van der Waals surface area contributed by atoms with Crippen LogP contribution >= 0.6 is 0 Å².